The number of nitrogens with one attached hydrogen (secondary N) is 1. The topological polar surface area (TPSA) is 84.2 Å². The van der Waals surface area contributed by atoms with Crippen molar-refractivity contribution in [3.63, 3.8) is 0 Å². The molecular weight excluding hydrogens is 505 g/mol. The number of aromatic nitrogens is 2. The molecule has 0 radical (unpaired) electrons. The molecule has 35 heavy (non-hydrogen) atoms. The molecule has 0 fully saturated rings. The minimum absolute atomic E-state index is 0.0827. The fourth-order valence-corrected chi connectivity index (χ4v) is 5.26. The number of benzene rings is 2. The van der Waals surface area contributed by atoms with Gasteiger partial charge in [-0.25, -0.2) is 0 Å². The Hall–Kier alpha value is -3.13. The lowest BCUT2D eigenvalue weighted by atomic mass is 10.0. The van der Waals surface area contributed by atoms with Gasteiger partial charge in [0, 0.05) is 33.3 Å². The molecule has 2 aromatic carbocycles. The Morgan fingerprint density at radius 2 is 1.80 bits per heavy atom. The summed E-state index contributed by atoms with van der Waals surface area (Å²) >= 11 is 14.2. The van der Waals surface area contributed by atoms with Crippen LogP contribution in [0.1, 0.15) is 40.9 Å². The molecule has 1 unspecified atom stereocenters. The number of rotatable bonds is 8. The van der Waals surface area contributed by atoms with Crippen LogP contribution in [0, 0.1) is 6.92 Å². The molecule has 2 heterocycles. The van der Waals surface area contributed by atoms with Crippen molar-refractivity contribution in [2.75, 3.05) is 6.54 Å². The van der Waals surface area contributed by atoms with E-state index in [0.717, 1.165) is 33.0 Å². The Morgan fingerprint density at radius 3 is 2.40 bits per heavy atom. The van der Waals surface area contributed by atoms with E-state index in [1.165, 1.54) is 0 Å². The van der Waals surface area contributed by atoms with Crippen molar-refractivity contribution in [1.29, 1.82) is 0 Å². The van der Waals surface area contributed by atoms with E-state index in [1.54, 1.807) is 29.5 Å². The number of carboxylic acids is 1. The van der Waals surface area contributed by atoms with Crippen molar-refractivity contribution in [2.24, 2.45) is 0 Å². The van der Waals surface area contributed by atoms with Crippen LogP contribution in [-0.4, -0.2) is 33.3 Å². The van der Waals surface area contributed by atoms with Crippen molar-refractivity contribution in [3.05, 3.63) is 86.7 Å². The fourth-order valence-electron chi connectivity index (χ4n) is 3.91. The summed E-state index contributed by atoms with van der Waals surface area (Å²) in [5, 5.41) is 19.5. The third kappa shape index (κ3) is 5.59. The average molecular weight is 528 g/mol. The van der Waals surface area contributed by atoms with E-state index >= 15 is 0 Å². The number of carboxylic acid groups (broad SMARTS) is 1. The first-order valence-corrected chi connectivity index (χ1v) is 12.6. The number of hydrogen-bond donors (Lipinski definition) is 2. The van der Waals surface area contributed by atoms with Crippen molar-refractivity contribution < 1.29 is 14.7 Å². The van der Waals surface area contributed by atoms with Gasteiger partial charge in [0.2, 0.25) is 0 Å². The van der Waals surface area contributed by atoms with Crippen LogP contribution in [0.3, 0.4) is 0 Å². The van der Waals surface area contributed by atoms with Crippen LogP contribution < -0.4 is 5.32 Å². The van der Waals surface area contributed by atoms with Gasteiger partial charge in [0.15, 0.2) is 0 Å². The highest BCUT2D eigenvalue weighted by Crippen LogP contribution is 2.38. The van der Waals surface area contributed by atoms with Gasteiger partial charge in [-0.05, 0) is 61.2 Å². The summed E-state index contributed by atoms with van der Waals surface area (Å²) in [5.41, 5.74) is 5.12. The van der Waals surface area contributed by atoms with E-state index in [0.29, 0.717) is 15.6 Å². The molecule has 1 atom stereocenters. The molecule has 0 aliphatic rings. The highest BCUT2D eigenvalue weighted by atomic mass is 35.5. The number of nitrogens with zero attached hydrogens (tertiary/aromatic N) is 2. The Labute approximate surface area is 217 Å². The first-order chi connectivity index (χ1) is 16.7. The number of hydrogen-bond acceptors (Lipinski definition) is 4. The summed E-state index contributed by atoms with van der Waals surface area (Å²) in [7, 11) is 0. The van der Waals surface area contributed by atoms with Gasteiger partial charge in [-0.2, -0.15) is 5.10 Å². The molecule has 0 saturated carbocycles. The van der Waals surface area contributed by atoms with Gasteiger partial charge in [-0.15, -0.1) is 11.3 Å². The zero-order valence-corrected chi connectivity index (χ0v) is 21.4. The molecule has 0 aliphatic carbocycles. The van der Waals surface area contributed by atoms with Crippen LogP contribution in [-0.2, 0) is 4.79 Å². The molecule has 1 amide bonds. The fraction of sp³-hybridized carbons (Fsp3) is 0.192. The lowest BCUT2D eigenvalue weighted by Gasteiger charge is -2.16. The van der Waals surface area contributed by atoms with E-state index in [9.17, 15) is 9.59 Å². The number of carbonyl (C=O) groups excluding carboxylic acids is 1. The summed E-state index contributed by atoms with van der Waals surface area (Å²) < 4.78 is 1.99. The Morgan fingerprint density at radius 1 is 1.11 bits per heavy atom. The number of aliphatic carboxylic acids is 1. The largest absolute Gasteiger partial charge is 0.481 e. The average Bonchev–Trinajstić information content (AvgIpc) is 3.45. The zero-order chi connectivity index (χ0) is 25.1. The minimum Gasteiger partial charge on any atom is -0.481 e. The van der Waals surface area contributed by atoms with Crippen molar-refractivity contribution in [2.45, 2.75) is 26.3 Å². The normalized spacial score (nSPS) is 11.9. The number of thiophene rings is 1. The second-order valence-electron chi connectivity index (χ2n) is 8.10. The molecule has 2 N–H and O–H groups in total. The molecule has 180 valence electrons. The molecule has 4 aromatic rings. The maximum atomic E-state index is 12.3. The van der Waals surface area contributed by atoms with Crippen LogP contribution >= 0.6 is 34.5 Å². The molecule has 6 nitrogen and oxygen atoms in total. The molecule has 2 aromatic heterocycles. The van der Waals surface area contributed by atoms with Crippen LogP contribution in [0.25, 0.3) is 21.8 Å². The predicted octanol–water partition coefficient (Wildman–Crippen LogP) is 6.71. The van der Waals surface area contributed by atoms with Crippen LogP contribution in [0.5, 0.6) is 0 Å². The monoisotopic (exact) mass is 527 g/mol. The summed E-state index contributed by atoms with van der Waals surface area (Å²) in [5.74, 6) is -1.26. The lowest BCUT2D eigenvalue weighted by Crippen LogP contribution is -2.26. The van der Waals surface area contributed by atoms with Gasteiger partial charge < -0.3 is 10.4 Å². The third-order valence-electron chi connectivity index (χ3n) is 5.68. The summed E-state index contributed by atoms with van der Waals surface area (Å²) in [6.45, 7) is 4.18. The second-order valence-corrected chi connectivity index (χ2v) is 9.92. The molecule has 4 rings (SSSR count). The van der Waals surface area contributed by atoms with E-state index in [2.05, 4.69) is 18.3 Å². The maximum absolute atomic E-state index is 12.3. The number of amides is 1. The van der Waals surface area contributed by atoms with Crippen molar-refractivity contribution in [1.82, 2.24) is 15.1 Å². The summed E-state index contributed by atoms with van der Waals surface area (Å²) in [6, 6.07) is 16.6. The van der Waals surface area contributed by atoms with Gasteiger partial charge in [0.25, 0.3) is 5.91 Å². The molecule has 0 aliphatic heterocycles. The SMILES string of the molecule is Cc1c(-c2cc(Cl)cc(Cl)c2)nn(C(C)c2ccc(C(=O)NCCC(=O)O)cc2)c1-c1cccs1. The molecule has 0 spiro atoms. The van der Waals surface area contributed by atoms with Crippen LogP contribution in [0.15, 0.2) is 60.0 Å². The van der Waals surface area contributed by atoms with E-state index in [4.69, 9.17) is 33.4 Å². The van der Waals surface area contributed by atoms with E-state index in [1.807, 2.05) is 47.3 Å². The number of carbonyl (C=O) groups is 2. The smallest absolute Gasteiger partial charge is 0.305 e. The van der Waals surface area contributed by atoms with Gasteiger partial charge in [-0.1, -0.05) is 41.4 Å². The Balaban J connectivity index is 1.68. The Kier molecular flexibility index (Phi) is 7.60. The van der Waals surface area contributed by atoms with Gasteiger partial charge in [0.05, 0.1) is 28.7 Å². The molecule has 0 saturated heterocycles. The Bertz CT molecular complexity index is 1350. The molecule has 9 heteroatoms. The number of halogens is 2. The quantitative estimate of drug-likeness (QED) is 0.266. The van der Waals surface area contributed by atoms with Gasteiger partial charge >= 0.3 is 5.97 Å². The van der Waals surface area contributed by atoms with Gasteiger partial charge in [0.1, 0.15) is 0 Å². The van der Waals surface area contributed by atoms with Crippen molar-refractivity contribution in [3.8, 4) is 21.8 Å². The minimum atomic E-state index is -0.954. The van der Waals surface area contributed by atoms with E-state index in [-0.39, 0.29) is 24.9 Å². The molecule has 0 bridgehead atoms. The standard InChI is InChI=1S/C26H23Cl2N3O3S/c1-15-24(19-12-20(27)14-21(28)13-19)30-31(25(15)22-4-3-11-35-22)16(2)17-5-7-18(8-6-17)26(34)29-10-9-23(32)33/h3-8,11-14,16H,9-10H2,1-2H3,(H,29,34)(H,32,33). The van der Waals surface area contributed by atoms with Crippen LogP contribution in [0.2, 0.25) is 10.0 Å². The first kappa shape index (κ1) is 25.0. The zero-order valence-electron chi connectivity index (χ0n) is 19.1. The van der Waals surface area contributed by atoms with Crippen molar-refractivity contribution >= 4 is 46.4 Å². The highest BCUT2D eigenvalue weighted by Gasteiger charge is 2.23. The summed E-state index contributed by atoms with van der Waals surface area (Å²) in [6.07, 6.45) is -0.120. The van der Waals surface area contributed by atoms with Gasteiger partial charge in [-0.3, -0.25) is 14.3 Å². The lowest BCUT2D eigenvalue weighted by molar-refractivity contribution is -0.136. The highest BCUT2D eigenvalue weighted by molar-refractivity contribution is 7.13. The second kappa shape index (κ2) is 10.6. The van der Waals surface area contributed by atoms with Crippen LogP contribution in [0.4, 0.5) is 0 Å². The predicted molar refractivity (Wildman–Crippen MR) is 141 cm³/mol. The third-order valence-corrected chi connectivity index (χ3v) is 7.00. The van der Waals surface area contributed by atoms with E-state index < -0.39 is 5.97 Å². The summed E-state index contributed by atoms with van der Waals surface area (Å²) in [4.78, 5) is 24.1. The molecular formula is C26H23Cl2N3O3S. The maximum Gasteiger partial charge on any atom is 0.305 e. The first-order valence-electron chi connectivity index (χ1n) is 10.9.